The maximum Gasteiger partial charge on any atom is 0.129 e. The minimum absolute atomic E-state index is 0.0672. The molecule has 0 spiro atoms. The van der Waals surface area contributed by atoms with Crippen LogP contribution in [0.3, 0.4) is 0 Å². The van der Waals surface area contributed by atoms with Crippen LogP contribution in [0.1, 0.15) is 12.0 Å². The van der Waals surface area contributed by atoms with Gasteiger partial charge in [-0.3, -0.25) is 5.41 Å². The van der Waals surface area contributed by atoms with E-state index in [4.69, 9.17) is 15.9 Å². The number of rotatable bonds is 4. The van der Waals surface area contributed by atoms with Gasteiger partial charge in [0.1, 0.15) is 11.6 Å². The number of hydrogen-bond donors (Lipinski definition) is 2. The van der Waals surface area contributed by atoms with Crippen LogP contribution in [0.4, 0.5) is 4.39 Å². The third-order valence-corrected chi connectivity index (χ3v) is 1.78. The molecule has 0 saturated carbocycles. The van der Waals surface area contributed by atoms with Gasteiger partial charge in [0.05, 0.1) is 12.4 Å². The van der Waals surface area contributed by atoms with E-state index in [1.54, 1.807) is 19.1 Å². The largest absolute Gasteiger partial charge is 0.493 e. The monoisotopic (exact) mass is 196 g/mol. The summed E-state index contributed by atoms with van der Waals surface area (Å²) in [4.78, 5) is 0. The maximum atomic E-state index is 13.0. The Hall–Kier alpha value is -1.58. The van der Waals surface area contributed by atoms with E-state index < -0.39 is 0 Å². The molecule has 0 aliphatic rings. The number of benzene rings is 1. The molecule has 0 fully saturated rings. The molecule has 3 N–H and O–H groups in total. The molecule has 0 radical (unpaired) electrons. The Balaban J connectivity index is 2.51. The van der Waals surface area contributed by atoms with Crippen LogP contribution >= 0.6 is 0 Å². The lowest BCUT2D eigenvalue weighted by Gasteiger charge is -2.06. The van der Waals surface area contributed by atoms with Crippen molar-refractivity contribution in [2.24, 2.45) is 5.73 Å². The first kappa shape index (κ1) is 10.5. The van der Waals surface area contributed by atoms with Gasteiger partial charge < -0.3 is 10.5 Å². The first-order valence-corrected chi connectivity index (χ1v) is 4.31. The van der Waals surface area contributed by atoms with E-state index in [1.807, 2.05) is 0 Å². The van der Waals surface area contributed by atoms with Crippen LogP contribution in [-0.2, 0) is 0 Å². The van der Waals surface area contributed by atoms with Crippen LogP contribution in [0.2, 0.25) is 0 Å². The van der Waals surface area contributed by atoms with E-state index in [-0.39, 0.29) is 11.7 Å². The normalized spacial score (nSPS) is 9.86. The second-order valence-electron chi connectivity index (χ2n) is 3.03. The molecular weight excluding hydrogens is 183 g/mol. The van der Waals surface area contributed by atoms with Gasteiger partial charge in [0.25, 0.3) is 0 Å². The third kappa shape index (κ3) is 3.05. The Labute approximate surface area is 82.2 Å². The summed E-state index contributed by atoms with van der Waals surface area (Å²) in [5, 5.41) is 6.96. The standard InChI is InChI=1S/C10H13FN2O/c1-7-2-3-8(6-9(7)11)14-5-4-10(12)13/h2-3,6H,4-5H2,1H3,(H3,12,13). The van der Waals surface area contributed by atoms with E-state index in [0.717, 1.165) is 0 Å². The van der Waals surface area contributed by atoms with Crippen LogP contribution < -0.4 is 10.5 Å². The molecule has 0 unspecified atom stereocenters. The van der Waals surface area contributed by atoms with Gasteiger partial charge in [-0.05, 0) is 18.6 Å². The van der Waals surface area contributed by atoms with Crippen molar-refractivity contribution in [2.75, 3.05) is 6.61 Å². The van der Waals surface area contributed by atoms with Crippen LogP contribution in [0.25, 0.3) is 0 Å². The van der Waals surface area contributed by atoms with Gasteiger partial charge in [0, 0.05) is 12.5 Å². The number of nitrogens with one attached hydrogen (secondary N) is 1. The third-order valence-electron chi connectivity index (χ3n) is 1.78. The summed E-state index contributed by atoms with van der Waals surface area (Å²) in [5.74, 6) is 0.247. The van der Waals surface area contributed by atoms with Crippen LogP contribution in [0.5, 0.6) is 5.75 Å². The number of nitrogens with two attached hydrogens (primary N) is 1. The fraction of sp³-hybridized carbons (Fsp3) is 0.300. The molecule has 0 aromatic heterocycles. The molecule has 0 bridgehead atoms. The molecule has 0 saturated heterocycles. The van der Waals surface area contributed by atoms with Gasteiger partial charge in [-0.1, -0.05) is 6.07 Å². The predicted octanol–water partition coefficient (Wildman–Crippen LogP) is 1.84. The lowest BCUT2D eigenvalue weighted by molar-refractivity contribution is 0.326. The average Bonchev–Trinajstić information content (AvgIpc) is 2.10. The molecule has 4 heteroatoms. The van der Waals surface area contributed by atoms with E-state index in [9.17, 15) is 4.39 Å². The molecule has 0 atom stereocenters. The highest BCUT2D eigenvalue weighted by molar-refractivity contribution is 5.76. The van der Waals surface area contributed by atoms with Gasteiger partial charge in [-0.15, -0.1) is 0 Å². The first-order valence-electron chi connectivity index (χ1n) is 4.31. The fourth-order valence-corrected chi connectivity index (χ4v) is 0.942. The van der Waals surface area contributed by atoms with Gasteiger partial charge in [-0.25, -0.2) is 4.39 Å². The molecule has 0 aliphatic carbocycles. The molecule has 1 rings (SSSR count). The Morgan fingerprint density at radius 2 is 2.29 bits per heavy atom. The zero-order valence-corrected chi connectivity index (χ0v) is 8.01. The van der Waals surface area contributed by atoms with Crippen LogP contribution in [0.15, 0.2) is 18.2 Å². The second-order valence-corrected chi connectivity index (χ2v) is 3.03. The summed E-state index contributed by atoms with van der Waals surface area (Å²) in [6.07, 6.45) is 0.357. The topological polar surface area (TPSA) is 59.1 Å². The lowest BCUT2D eigenvalue weighted by Crippen LogP contribution is -2.13. The molecule has 1 aromatic carbocycles. The Bertz CT molecular complexity index is 339. The van der Waals surface area contributed by atoms with Crippen molar-refractivity contribution in [3.05, 3.63) is 29.6 Å². The summed E-state index contributed by atoms with van der Waals surface area (Å²) < 4.78 is 18.2. The highest BCUT2D eigenvalue weighted by atomic mass is 19.1. The molecule has 3 nitrogen and oxygen atoms in total. The molecule has 0 amide bonds. The Morgan fingerprint density at radius 3 is 2.86 bits per heavy atom. The number of aryl methyl sites for hydroxylation is 1. The van der Waals surface area contributed by atoms with Crippen molar-refractivity contribution in [1.82, 2.24) is 0 Å². The van der Waals surface area contributed by atoms with Crippen molar-refractivity contribution in [3.8, 4) is 5.75 Å². The Morgan fingerprint density at radius 1 is 1.57 bits per heavy atom. The molecular formula is C10H13FN2O. The van der Waals surface area contributed by atoms with Gasteiger partial charge in [0.2, 0.25) is 0 Å². The molecule has 0 heterocycles. The zero-order valence-electron chi connectivity index (χ0n) is 8.01. The Kier molecular flexibility index (Phi) is 3.45. The average molecular weight is 196 g/mol. The summed E-state index contributed by atoms with van der Waals surface area (Å²) in [6, 6.07) is 4.67. The number of hydrogen-bond acceptors (Lipinski definition) is 2. The number of ether oxygens (including phenoxy) is 1. The summed E-state index contributed by atoms with van der Waals surface area (Å²) in [6.45, 7) is 1.99. The molecule has 0 aliphatic heterocycles. The SMILES string of the molecule is Cc1ccc(OCCC(=N)N)cc1F. The second kappa shape index (κ2) is 4.60. The van der Waals surface area contributed by atoms with Gasteiger partial charge in [0.15, 0.2) is 0 Å². The van der Waals surface area contributed by atoms with Crippen molar-refractivity contribution in [1.29, 1.82) is 5.41 Å². The summed E-state index contributed by atoms with van der Waals surface area (Å²) in [5.41, 5.74) is 5.73. The summed E-state index contributed by atoms with van der Waals surface area (Å²) in [7, 11) is 0. The summed E-state index contributed by atoms with van der Waals surface area (Å²) >= 11 is 0. The number of amidine groups is 1. The van der Waals surface area contributed by atoms with E-state index in [0.29, 0.717) is 24.3 Å². The first-order chi connectivity index (χ1) is 6.59. The van der Waals surface area contributed by atoms with Crippen molar-refractivity contribution >= 4 is 5.84 Å². The highest BCUT2D eigenvalue weighted by Crippen LogP contribution is 2.15. The van der Waals surface area contributed by atoms with E-state index >= 15 is 0 Å². The fourth-order valence-electron chi connectivity index (χ4n) is 0.942. The quantitative estimate of drug-likeness (QED) is 0.570. The zero-order chi connectivity index (χ0) is 10.6. The van der Waals surface area contributed by atoms with Crippen molar-refractivity contribution in [2.45, 2.75) is 13.3 Å². The molecule has 14 heavy (non-hydrogen) atoms. The lowest BCUT2D eigenvalue weighted by atomic mass is 10.2. The smallest absolute Gasteiger partial charge is 0.129 e. The van der Waals surface area contributed by atoms with Crippen LogP contribution in [-0.4, -0.2) is 12.4 Å². The van der Waals surface area contributed by atoms with E-state index in [1.165, 1.54) is 6.07 Å². The van der Waals surface area contributed by atoms with E-state index in [2.05, 4.69) is 0 Å². The van der Waals surface area contributed by atoms with Crippen LogP contribution in [0, 0.1) is 18.2 Å². The maximum absolute atomic E-state index is 13.0. The minimum atomic E-state index is -0.287. The van der Waals surface area contributed by atoms with Crippen molar-refractivity contribution < 1.29 is 9.13 Å². The van der Waals surface area contributed by atoms with Gasteiger partial charge >= 0.3 is 0 Å². The minimum Gasteiger partial charge on any atom is -0.493 e. The molecule has 1 aromatic rings. The highest BCUT2D eigenvalue weighted by Gasteiger charge is 2.00. The number of halogens is 1. The molecule has 76 valence electrons. The predicted molar refractivity (Wildman–Crippen MR) is 53.2 cm³/mol. The van der Waals surface area contributed by atoms with Gasteiger partial charge in [-0.2, -0.15) is 0 Å². The van der Waals surface area contributed by atoms with Crippen molar-refractivity contribution in [3.63, 3.8) is 0 Å².